The summed E-state index contributed by atoms with van der Waals surface area (Å²) in [6.07, 6.45) is -4.43. The minimum atomic E-state index is -4.54. The first-order valence-electron chi connectivity index (χ1n) is 4.32. The smallest absolute Gasteiger partial charge is 0.294 e. The first kappa shape index (κ1) is 13.5. The lowest BCUT2D eigenvalue weighted by Gasteiger charge is -2.11. The molecule has 6 heteroatoms. The van der Waals surface area contributed by atoms with Gasteiger partial charge in [0, 0.05) is 17.3 Å². The number of hydrogen-bond acceptors (Lipinski definition) is 1. The summed E-state index contributed by atoms with van der Waals surface area (Å²) in [6.45, 7) is 0. The molecule has 0 heterocycles. The molecule has 0 spiro atoms. The van der Waals surface area contributed by atoms with Crippen LogP contribution in [0.2, 0.25) is 5.02 Å². The average molecular weight is 316 g/mol. The largest absolute Gasteiger partial charge is 0.417 e. The molecule has 0 N–H and O–H groups in total. The predicted molar refractivity (Wildman–Crippen MR) is 59.2 cm³/mol. The van der Waals surface area contributed by atoms with Gasteiger partial charge in [0.25, 0.3) is 0 Å². The molecule has 0 saturated heterocycles. The molecule has 1 aromatic rings. The standard InChI is InChI=1S/C10H7BrClF3O/c11-5-4-8(16)6-2-1-3-7(9(6)12)10(13,14)15/h1-3H,4-5H2. The number of carbonyl (C=O) groups excluding carboxylic acids is 1. The molecular formula is C10H7BrClF3O. The molecule has 0 saturated carbocycles. The molecule has 0 aliphatic carbocycles. The van der Waals surface area contributed by atoms with E-state index in [0.717, 1.165) is 6.07 Å². The van der Waals surface area contributed by atoms with Crippen molar-refractivity contribution in [1.82, 2.24) is 0 Å². The number of carbonyl (C=O) groups is 1. The van der Waals surface area contributed by atoms with Crippen LogP contribution in [0, 0.1) is 0 Å². The fourth-order valence-corrected chi connectivity index (χ4v) is 1.89. The van der Waals surface area contributed by atoms with E-state index in [1.54, 1.807) is 0 Å². The Kier molecular flexibility index (Phi) is 4.38. The second-order valence-electron chi connectivity index (χ2n) is 3.03. The third-order valence-corrected chi connectivity index (χ3v) is 2.73. The van der Waals surface area contributed by atoms with Gasteiger partial charge in [0.1, 0.15) is 0 Å². The summed E-state index contributed by atoms with van der Waals surface area (Å²) in [7, 11) is 0. The van der Waals surface area contributed by atoms with Crippen LogP contribution < -0.4 is 0 Å². The molecule has 1 rings (SSSR count). The zero-order chi connectivity index (χ0) is 12.3. The number of hydrogen-bond donors (Lipinski definition) is 0. The summed E-state index contributed by atoms with van der Waals surface area (Å²) in [6, 6.07) is 3.33. The molecule has 16 heavy (non-hydrogen) atoms. The molecule has 1 nitrogen and oxygen atoms in total. The molecule has 0 unspecified atom stereocenters. The first-order chi connectivity index (χ1) is 7.38. The van der Waals surface area contributed by atoms with Gasteiger partial charge in [-0.05, 0) is 12.1 Å². The molecular weight excluding hydrogens is 308 g/mol. The summed E-state index contributed by atoms with van der Waals surface area (Å²) >= 11 is 8.61. The van der Waals surface area contributed by atoms with E-state index in [1.165, 1.54) is 12.1 Å². The predicted octanol–water partition coefficient (Wildman–Crippen LogP) is 4.33. The molecule has 0 bridgehead atoms. The van der Waals surface area contributed by atoms with E-state index in [1.807, 2.05) is 0 Å². The topological polar surface area (TPSA) is 17.1 Å². The lowest BCUT2D eigenvalue weighted by atomic mass is 10.1. The van der Waals surface area contributed by atoms with Crippen molar-refractivity contribution < 1.29 is 18.0 Å². The van der Waals surface area contributed by atoms with Crippen LogP contribution in [0.4, 0.5) is 13.2 Å². The Morgan fingerprint density at radius 1 is 1.38 bits per heavy atom. The Labute approximate surface area is 104 Å². The van der Waals surface area contributed by atoms with E-state index >= 15 is 0 Å². The van der Waals surface area contributed by atoms with Crippen LogP contribution in [0.1, 0.15) is 22.3 Å². The van der Waals surface area contributed by atoms with Gasteiger partial charge in [-0.15, -0.1) is 0 Å². The van der Waals surface area contributed by atoms with E-state index in [9.17, 15) is 18.0 Å². The Morgan fingerprint density at radius 3 is 2.50 bits per heavy atom. The molecule has 0 aliphatic rings. The highest BCUT2D eigenvalue weighted by Gasteiger charge is 2.34. The van der Waals surface area contributed by atoms with Crippen LogP contribution in [0.3, 0.4) is 0 Å². The van der Waals surface area contributed by atoms with Gasteiger partial charge >= 0.3 is 6.18 Å². The summed E-state index contributed by atoms with van der Waals surface area (Å²) in [5, 5.41) is -0.140. The number of benzene rings is 1. The van der Waals surface area contributed by atoms with E-state index < -0.39 is 22.5 Å². The summed E-state index contributed by atoms with van der Waals surface area (Å²) in [5.41, 5.74) is -1.06. The van der Waals surface area contributed by atoms with Gasteiger partial charge in [0.15, 0.2) is 5.78 Å². The molecule has 0 aromatic heterocycles. The number of ketones is 1. The summed E-state index contributed by atoms with van der Waals surface area (Å²) in [5.74, 6) is -0.409. The van der Waals surface area contributed by atoms with Gasteiger partial charge in [-0.3, -0.25) is 4.79 Å². The Bertz CT molecular complexity index is 404. The summed E-state index contributed by atoms with van der Waals surface area (Å²) < 4.78 is 37.4. The molecule has 0 fully saturated rings. The van der Waals surface area contributed by atoms with Crippen LogP contribution in [0.5, 0.6) is 0 Å². The quantitative estimate of drug-likeness (QED) is 0.599. The second-order valence-corrected chi connectivity index (χ2v) is 4.20. The number of alkyl halides is 4. The molecule has 0 atom stereocenters. The minimum absolute atomic E-state index is 0.0871. The SMILES string of the molecule is O=C(CCBr)c1cccc(C(F)(F)F)c1Cl. The monoisotopic (exact) mass is 314 g/mol. The number of Topliss-reactive ketones (excluding diaryl/α,β-unsaturated/α-hetero) is 1. The van der Waals surface area contributed by atoms with Gasteiger partial charge < -0.3 is 0 Å². The zero-order valence-electron chi connectivity index (χ0n) is 7.94. The Balaban J connectivity index is 3.19. The van der Waals surface area contributed by atoms with Crippen LogP contribution in [-0.2, 0) is 6.18 Å². The van der Waals surface area contributed by atoms with E-state index in [0.29, 0.717) is 5.33 Å². The Morgan fingerprint density at radius 2 is 2.00 bits per heavy atom. The number of halogens is 5. The Hall–Kier alpha value is -0.550. The maximum atomic E-state index is 12.5. The zero-order valence-corrected chi connectivity index (χ0v) is 10.3. The molecule has 0 aliphatic heterocycles. The van der Waals surface area contributed by atoms with Gasteiger partial charge in [-0.25, -0.2) is 0 Å². The highest BCUT2D eigenvalue weighted by Crippen LogP contribution is 2.36. The maximum Gasteiger partial charge on any atom is 0.417 e. The van der Waals surface area contributed by atoms with Crippen molar-refractivity contribution in [2.45, 2.75) is 12.6 Å². The van der Waals surface area contributed by atoms with Gasteiger partial charge in [-0.2, -0.15) is 13.2 Å². The van der Waals surface area contributed by atoms with Crippen molar-refractivity contribution in [1.29, 1.82) is 0 Å². The third-order valence-electron chi connectivity index (χ3n) is 1.93. The van der Waals surface area contributed by atoms with E-state index in [4.69, 9.17) is 11.6 Å². The number of rotatable bonds is 3. The highest BCUT2D eigenvalue weighted by molar-refractivity contribution is 9.09. The van der Waals surface area contributed by atoms with Gasteiger partial charge in [-0.1, -0.05) is 33.6 Å². The van der Waals surface area contributed by atoms with Crippen LogP contribution in [-0.4, -0.2) is 11.1 Å². The van der Waals surface area contributed by atoms with Crippen molar-refractivity contribution in [2.75, 3.05) is 5.33 Å². The second kappa shape index (κ2) is 5.19. The third kappa shape index (κ3) is 2.98. The van der Waals surface area contributed by atoms with Crippen molar-refractivity contribution >= 4 is 33.3 Å². The van der Waals surface area contributed by atoms with E-state index in [2.05, 4.69) is 15.9 Å². The summed E-state index contributed by atoms with van der Waals surface area (Å²) in [4.78, 5) is 11.5. The normalized spacial score (nSPS) is 11.6. The average Bonchev–Trinajstić information content (AvgIpc) is 2.16. The van der Waals surface area contributed by atoms with Crippen molar-refractivity contribution in [2.24, 2.45) is 0 Å². The molecule has 88 valence electrons. The fraction of sp³-hybridized carbons (Fsp3) is 0.300. The molecule has 0 amide bonds. The molecule has 0 radical (unpaired) electrons. The van der Waals surface area contributed by atoms with Crippen LogP contribution in [0.15, 0.2) is 18.2 Å². The van der Waals surface area contributed by atoms with Crippen LogP contribution >= 0.6 is 27.5 Å². The van der Waals surface area contributed by atoms with Crippen molar-refractivity contribution in [3.05, 3.63) is 34.3 Å². The molecule has 1 aromatic carbocycles. The lowest BCUT2D eigenvalue weighted by molar-refractivity contribution is -0.137. The van der Waals surface area contributed by atoms with Gasteiger partial charge in [0.2, 0.25) is 0 Å². The van der Waals surface area contributed by atoms with Crippen molar-refractivity contribution in [3.63, 3.8) is 0 Å². The van der Waals surface area contributed by atoms with Crippen molar-refractivity contribution in [3.8, 4) is 0 Å². The fourth-order valence-electron chi connectivity index (χ4n) is 1.19. The lowest BCUT2D eigenvalue weighted by Crippen LogP contribution is -2.09. The highest BCUT2D eigenvalue weighted by atomic mass is 79.9. The minimum Gasteiger partial charge on any atom is -0.294 e. The van der Waals surface area contributed by atoms with Gasteiger partial charge in [0.05, 0.1) is 10.6 Å². The maximum absolute atomic E-state index is 12.5. The van der Waals surface area contributed by atoms with E-state index in [-0.39, 0.29) is 12.0 Å². The first-order valence-corrected chi connectivity index (χ1v) is 5.82. The van der Waals surface area contributed by atoms with Crippen LogP contribution in [0.25, 0.3) is 0 Å².